The zero-order valence-electron chi connectivity index (χ0n) is 12.7. The molecular weight excluding hydrogens is 252 g/mol. The monoisotopic (exact) mass is 278 g/mol. The topological polar surface area (TPSA) is 44.7 Å². The molecule has 1 fully saturated rings. The number of nitrogens with one attached hydrogen (secondary N) is 1. The molecule has 2 rings (SSSR count). The van der Waals surface area contributed by atoms with Crippen LogP contribution in [0.5, 0.6) is 5.75 Å². The van der Waals surface area contributed by atoms with Crippen LogP contribution in [0.25, 0.3) is 0 Å². The standard InChI is InChI=1S/C16H26N2O2/c1-16(2,12-19)15(18-10-8-17-9-11-18)13-4-6-14(20-3)7-5-13/h4-7,15,17,19H,8-12H2,1-3H3/t15-/m0/s1. The minimum Gasteiger partial charge on any atom is -0.497 e. The number of aliphatic hydroxyl groups is 1. The maximum atomic E-state index is 9.79. The van der Waals surface area contributed by atoms with Crippen LogP contribution in [-0.2, 0) is 0 Å². The molecule has 1 aromatic carbocycles. The van der Waals surface area contributed by atoms with Crippen molar-refractivity contribution in [1.29, 1.82) is 0 Å². The summed E-state index contributed by atoms with van der Waals surface area (Å²) >= 11 is 0. The Morgan fingerprint density at radius 3 is 2.35 bits per heavy atom. The molecule has 0 aliphatic carbocycles. The van der Waals surface area contributed by atoms with Crippen LogP contribution in [0, 0.1) is 5.41 Å². The second kappa shape index (κ2) is 6.57. The number of hydrogen-bond acceptors (Lipinski definition) is 4. The molecule has 112 valence electrons. The van der Waals surface area contributed by atoms with Crippen LogP contribution in [-0.4, -0.2) is 49.9 Å². The van der Waals surface area contributed by atoms with Crippen LogP contribution in [0.3, 0.4) is 0 Å². The Morgan fingerprint density at radius 1 is 1.25 bits per heavy atom. The van der Waals surface area contributed by atoms with Gasteiger partial charge in [0.05, 0.1) is 7.11 Å². The zero-order chi connectivity index (χ0) is 14.6. The fourth-order valence-corrected chi connectivity index (χ4v) is 2.97. The molecule has 0 saturated carbocycles. The van der Waals surface area contributed by atoms with Crippen LogP contribution in [0.2, 0.25) is 0 Å². The molecule has 1 aromatic rings. The molecule has 0 spiro atoms. The minimum atomic E-state index is -0.175. The van der Waals surface area contributed by atoms with Crippen molar-refractivity contribution in [2.24, 2.45) is 5.41 Å². The minimum absolute atomic E-state index is 0.174. The number of methoxy groups -OCH3 is 1. The van der Waals surface area contributed by atoms with Crippen molar-refractivity contribution in [1.82, 2.24) is 10.2 Å². The van der Waals surface area contributed by atoms with Crippen LogP contribution >= 0.6 is 0 Å². The molecule has 1 aliphatic rings. The third-order valence-corrected chi connectivity index (χ3v) is 4.10. The van der Waals surface area contributed by atoms with E-state index in [-0.39, 0.29) is 18.1 Å². The van der Waals surface area contributed by atoms with Crippen molar-refractivity contribution in [3.05, 3.63) is 29.8 Å². The highest BCUT2D eigenvalue weighted by molar-refractivity contribution is 5.30. The maximum Gasteiger partial charge on any atom is 0.118 e. The van der Waals surface area contributed by atoms with Crippen molar-refractivity contribution in [2.75, 3.05) is 39.9 Å². The quantitative estimate of drug-likeness (QED) is 0.860. The molecule has 4 nitrogen and oxygen atoms in total. The van der Waals surface area contributed by atoms with Crippen molar-refractivity contribution in [3.63, 3.8) is 0 Å². The molecule has 0 unspecified atom stereocenters. The van der Waals surface area contributed by atoms with Gasteiger partial charge in [-0.1, -0.05) is 26.0 Å². The first-order valence-corrected chi connectivity index (χ1v) is 7.28. The van der Waals surface area contributed by atoms with Crippen LogP contribution < -0.4 is 10.1 Å². The summed E-state index contributed by atoms with van der Waals surface area (Å²) in [5.41, 5.74) is 1.07. The van der Waals surface area contributed by atoms with Gasteiger partial charge in [0.1, 0.15) is 5.75 Å². The first kappa shape index (κ1) is 15.3. The Morgan fingerprint density at radius 2 is 1.85 bits per heavy atom. The molecule has 0 amide bonds. The average molecular weight is 278 g/mol. The first-order valence-electron chi connectivity index (χ1n) is 7.28. The fraction of sp³-hybridized carbons (Fsp3) is 0.625. The number of benzene rings is 1. The molecule has 1 atom stereocenters. The summed E-state index contributed by atoms with van der Waals surface area (Å²) in [5.74, 6) is 0.870. The molecule has 0 aromatic heterocycles. The van der Waals surface area contributed by atoms with E-state index in [4.69, 9.17) is 4.74 Å². The van der Waals surface area contributed by atoms with Gasteiger partial charge in [0, 0.05) is 44.2 Å². The predicted octanol–water partition coefficient (Wildman–Crippen LogP) is 1.66. The molecular formula is C16H26N2O2. The lowest BCUT2D eigenvalue weighted by molar-refractivity contribution is 0.0305. The average Bonchev–Trinajstić information content (AvgIpc) is 2.49. The van der Waals surface area contributed by atoms with Gasteiger partial charge < -0.3 is 15.2 Å². The molecule has 1 saturated heterocycles. The zero-order valence-corrected chi connectivity index (χ0v) is 12.7. The lowest BCUT2D eigenvalue weighted by atomic mass is 9.79. The van der Waals surface area contributed by atoms with Gasteiger partial charge in [-0.25, -0.2) is 0 Å². The molecule has 2 N–H and O–H groups in total. The highest BCUT2D eigenvalue weighted by Gasteiger charge is 2.35. The third kappa shape index (κ3) is 3.32. The number of piperazine rings is 1. The normalized spacial score (nSPS) is 18.8. The van der Waals surface area contributed by atoms with Gasteiger partial charge in [0.2, 0.25) is 0 Å². The van der Waals surface area contributed by atoms with E-state index in [1.165, 1.54) is 5.56 Å². The number of rotatable bonds is 5. The lowest BCUT2D eigenvalue weighted by Gasteiger charge is -2.43. The van der Waals surface area contributed by atoms with Crippen molar-refractivity contribution in [3.8, 4) is 5.75 Å². The Labute approximate surface area is 121 Å². The van der Waals surface area contributed by atoms with Gasteiger partial charge >= 0.3 is 0 Å². The summed E-state index contributed by atoms with van der Waals surface area (Å²) in [4.78, 5) is 2.47. The van der Waals surface area contributed by atoms with Crippen LogP contribution in [0.15, 0.2) is 24.3 Å². The highest BCUT2D eigenvalue weighted by atomic mass is 16.5. The van der Waals surface area contributed by atoms with E-state index in [0.717, 1.165) is 31.9 Å². The van der Waals surface area contributed by atoms with E-state index < -0.39 is 0 Å². The second-order valence-electron chi connectivity index (χ2n) is 6.11. The molecule has 4 heteroatoms. The second-order valence-corrected chi connectivity index (χ2v) is 6.11. The predicted molar refractivity (Wildman–Crippen MR) is 81.0 cm³/mol. The lowest BCUT2D eigenvalue weighted by Crippen LogP contribution is -2.49. The van der Waals surface area contributed by atoms with Gasteiger partial charge in [0.15, 0.2) is 0 Å². The first-order chi connectivity index (χ1) is 9.58. The number of ether oxygens (including phenoxy) is 1. The van der Waals surface area contributed by atoms with E-state index in [2.05, 4.69) is 36.2 Å². The number of hydrogen-bond donors (Lipinski definition) is 2. The molecule has 0 radical (unpaired) electrons. The summed E-state index contributed by atoms with van der Waals surface area (Å²) in [6, 6.07) is 8.45. The third-order valence-electron chi connectivity index (χ3n) is 4.10. The van der Waals surface area contributed by atoms with Crippen molar-refractivity contribution in [2.45, 2.75) is 19.9 Å². The molecule has 1 heterocycles. The smallest absolute Gasteiger partial charge is 0.118 e. The Hall–Kier alpha value is -1.10. The Kier molecular flexibility index (Phi) is 5.02. The maximum absolute atomic E-state index is 9.79. The molecule has 0 bridgehead atoms. The van der Waals surface area contributed by atoms with Gasteiger partial charge in [0.25, 0.3) is 0 Å². The molecule has 1 aliphatic heterocycles. The van der Waals surface area contributed by atoms with E-state index in [9.17, 15) is 5.11 Å². The summed E-state index contributed by atoms with van der Waals surface area (Å²) in [6.07, 6.45) is 0. The van der Waals surface area contributed by atoms with Gasteiger partial charge in [-0.15, -0.1) is 0 Å². The van der Waals surface area contributed by atoms with Crippen LogP contribution in [0.1, 0.15) is 25.5 Å². The van der Waals surface area contributed by atoms with E-state index in [1.807, 2.05) is 12.1 Å². The summed E-state index contributed by atoms with van der Waals surface area (Å²) in [7, 11) is 1.68. The van der Waals surface area contributed by atoms with Crippen molar-refractivity contribution >= 4 is 0 Å². The SMILES string of the molecule is COc1ccc([C@H](N2CCNCC2)C(C)(C)CO)cc1. The van der Waals surface area contributed by atoms with E-state index >= 15 is 0 Å². The van der Waals surface area contributed by atoms with E-state index in [0.29, 0.717) is 0 Å². The Bertz CT molecular complexity index is 411. The Balaban J connectivity index is 2.29. The summed E-state index contributed by atoms with van der Waals surface area (Å²) in [6.45, 7) is 8.48. The summed E-state index contributed by atoms with van der Waals surface area (Å²) < 4.78 is 5.23. The largest absolute Gasteiger partial charge is 0.497 e. The fourth-order valence-electron chi connectivity index (χ4n) is 2.97. The summed E-state index contributed by atoms with van der Waals surface area (Å²) in [5, 5.41) is 13.2. The van der Waals surface area contributed by atoms with Crippen molar-refractivity contribution < 1.29 is 9.84 Å². The number of nitrogens with zero attached hydrogens (tertiary/aromatic N) is 1. The van der Waals surface area contributed by atoms with Gasteiger partial charge in [-0.2, -0.15) is 0 Å². The number of aliphatic hydroxyl groups excluding tert-OH is 1. The van der Waals surface area contributed by atoms with E-state index in [1.54, 1.807) is 7.11 Å². The van der Waals surface area contributed by atoms with Gasteiger partial charge in [-0.3, -0.25) is 4.90 Å². The molecule has 20 heavy (non-hydrogen) atoms. The van der Waals surface area contributed by atoms with Crippen LogP contribution in [0.4, 0.5) is 0 Å². The highest BCUT2D eigenvalue weighted by Crippen LogP contribution is 2.38. The van der Waals surface area contributed by atoms with Gasteiger partial charge in [-0.05, 0) is 17.7 Å².